The van der Waals surface area contributed by atoms with Gasteiger partial charge in [0.25, 0.3) is 0 Å². The lowest BCUT2D eigenvalue weighted by Crippen LogP contribution is -2.31. The van der Waals surface area contributed by atoms with Gasteiger partial charge in [0.2, 0.25) is 0 Å². The third-order valence-corrected chi connectivity index (χ3v) is 3.05. The fourth-order valence-corrected chi connectivity index (χ4v) is 1.96. The van der Waals surface area contributed by atoms with Crippen LogP contribution in [0.25, 0.3) is 6.08 Å². The van der Waals surface area contributed by atoms with Crippen molar-refractivity contribution in [2.45, 2.75) is 12.8 Å². The number of rotatable bonds is 7. The van der Waals surface area contributed by atoms with Gasteiger partial charge in [-0.15, -0.1) is 0 Å². The number of benzene rings is 1. The van der Waals surface area contributed by atoms with Gasteiger partial charge in [0, 0.05) is 13.1 Å². The second-order valence-corrected chi connectivity index (χ2v) is 4.84. The molecule has 1 aliphatic rings. The lowest BCUT2D eigenvalue weighted by atomic mass is 10.2. The zero-order valence-corrected chi connectivity index (χ0v) is 10.5. The Kier molecular flexibility index (Phi) is 4.53. The minimum atomic E-state index is -0.747. The van der Waals surface area contributed by atoms with E-state index < -0.39 is 5.97 Å². The van der Waals surface area contributed by atoms with Gasteiger partial charge in [0.15, 0.2) is 0 Å². The van der Waals surface area contributed by atoms with Crippen molar-refractivity contribution in [3.63, 3.8) is 0 Å². The SMILES string of the molecule is O=C(O)CN(C/C=C/c1ccccc1)CC1CC1. The quantitative estimate of drug-likeness (QED) is 0.802. The molecule has 0 aliphatic heterocycles. The van der Waals surface area contributed by atoms with Crippen molar-refractivity contribution in [1.29, 1.82) is 0 Å². The van der Waals surface area contributed by atoms with Crippen molar-refractivity contribution in [1.82, 2.24) is 4.90 Å². The molecule has 2 rings (SSSR count). The van der Waals surface area contributed by atoms with Gasteiger partial charge in [0.1, 0.15) is 0 Å². The number of carboxylic acids is 1. The summed E-state index contributed by atoms with van der Waals surface area (Å²) in [5.41, 5.74) is 1.15. The molecule has 0 heterocycles. The number of hydrogen-bond acceptors (Lipinski definition) is 2. The van der Waals surface area contributed by atoms with E-state index in [1.807, 2.05) is 47.4 Å². The zero-order valence-electron chi connectivity index (χ0n) is 10.5. The fraction of sp³-hybridized carbons (Fsp3) is 0.400. The van der Waals surface area contributed by atoms with Crippen LogP contribution in [0.4, 0.5) is 0 Å². The van der Waals surface area contributed by atoms with E-state index >= 15 is 0 Å². The minimum Gasteiger partial charge on any atom is -0.480 e. The normalized spacial score (nSPS) is 15.4. The summed E-state index contributed by atoms with van der Waals surface area (Å²) in [5, 5.41) is 8.87. The van der Waals surface area contributed by atoms with Crippen LogP contribution in [0.3, 0.4) is 0 Å². The number of carboxylic acid groups (broad SMARTS) is 1. The number of aliphatic carboxylic acids is 1. The summed E-state index contributed by atoms with van der Waals surface area (Å²) >= 11 is 0. The van der Waals surface area contributed by atoms with Crippen molar-refractivity contribution in [2.24, 2.45) is 5.92 Å². The lowest BCUT2D eigenvalue weighted by Gasteiger charge is -2.17. The van der Waals surface area contributed by atoms with Gasteiger partial charge in [0.05, 0.1) is 6.54 Å². The van der Waals surface area contributed by atoms with Crippen molar-refractivity contribution in [3.8, 4) is 0 Å². The molecule has 3 nitrogen and oxygen atoms in total. The smallest absolute Gasteiger partial charge is 0.317 e. The first kappa shape index (κ1) is 12.8. The molecule has 1 aromatic rings. The highest BCUT2D eigenvalue weighted by atomic mass is 16.4. The Labute approximate surface area is 108 Å². The molecular weight excluding hydrogens is 226 g/mol. The molecule has 0 radical (unpaired) electrons. The van der Waals surface area contributed by atoms with Crippen LogP contribution >= 0.6 is 0 Å². The van der Waals surface area contributed by atoms with E-state index in [2.05, 4.69) is 0 Å². The standard InChI is InChI=1S/C15H19NO2/c17-15(18)12-16(11-14-8-9-14)10-4-7-13-5-2-1-3-6-13/h1-7,14H,8-12H2,(H,17,18)/b7-4+. The molecule has 96 valence electrons. The highest BCUT2D eigenvalue weighted by molar-refractivity contribution is 5.69. The van der Waals surface area contributed by atoms with Gasteiger partial charge in [-0.25, -0.2) is 0 Å². The van der Waals surface area contributed by atoms with E-state index in [9.17, 15) is 4.79 Å². The third kappa shape index (κ3) is 4.72. The van der Waals surface area contributed by atoms with Gasteiger partial charge in [-0.3, -0.25) is 9.69 Å². The van der Waals surface area contributed by atoms with Crippen LogP contribution in [-0.2, 0) is 4.79 Å². The van der Waals surface area contributed by atoms with E-state index in [1.54, 1.807) is 0 Å². The number of carbonyl (C=O) groups is 1. The molecule has 0 atom stereocenters. The van der Waals surface area contributed by atoms with Crippen molar-refractivity contribution >= 4 is 12.0 Å². The fourth-order valence-electron chi connectivity index (χ4n) is 1.96. The Balaban J connectivity index is 1.83. The molecule has 1 saturated carbocycles. The maximum atomic E-state index is 10.8. The van der Waals surface area contributed by atoms with Gasteiger partial charge in [-0.2, -0.15) is 0 Å². The Morgan fingerprint density at radius 1 is 1.33 bits per heavy atom. The molecule has 0 aromatic heterocycles. The Hall–Kier alpha value is -1.61. The van der Waals surface area contributed by atoms with Crippen molar-refractivity contribution < 1.29 is 9.90 Å². The summed E-state index contributed by atoms with van der Waals surface area (Å²) in [4.78, 5) is 12.8. The molecule has 1 aromatic carbocycles. The van der Waals surface area contributed by atoms with E-state index in [0.29, 0.717) is 6.54 Å². The minimum absolute atomic E-state index is 0.135. The van der Waals surface area contributed by atoms with Crippen LogP contribution in [0.5, 0.6) is 0 Å². The molecule has 1 fully saturated rings. The van der Waals surface area contributed by atoms with Crippen molar-refractivity contribution in [3.05, 3.63) is 42.0 Å². The molecule has 0 amide bonds. The summed E-state index contributed by atoms with van der Waals surface area (Å²) in [6, 6.07) is 10.1. The second kappa shape index (κ2) is 6.36. The summed E-state index contributed by atoms with van der Waals surface area (Å²) in [6.07, 6.45) is 6.58. The third-order valence-electron chi connectivity index (χ3n) is 3.05. The Morgan fingerprint density at radius 3 is 2.67 bits per heavy atom. The lowest BCUT2D eigenvalue weighted by molar-refractivity contribution is -0.138. The highest BCUT2D eigenvalue weighted by Crippen LogP contribution is 2.29. The molecule has 0 spiro atoms. The molecular formula is C15H19NO2. The van der Waals surface area contributed by atoms with Gasteiger partial charge in [-0.1, -0.05) is 42.5 Å². The number of hydrogen-bond donors (Lipinski definition) is 1. The van der Waals surface area contributed by atoms with Crippen LogP contribution in [-0.4, -0.2) is 35.6 Å². The predicted molar refractivity (Wildman–Crippen MR) is 72.3 cm³/mol. The first-order valence-electron chi connectivity index (χ1n) is 6.40. The van der Waals surface area contributed by atoms with Gasteiger partial charge >= 0.3 is 5.97 Å². The molecule has 3 heteroatoms. The van der Waals surface area contributed by atoms with Crippen LogP contribution in [0.15, 0.2) is 36.4 Å². The van der Waals surface area contributed by atoms with E-state index in [4.69, 9.17) is 5.11 Å². The Bertz CT molecular complexity index is 410. The van der Waals surface area contributed by atoms with Crippen LogP contribution < -0.4 is 0 Å². The maximum absolute atomic E-state index is 10.8. The molecule has 0 saturated heterocycles. The van der Waals surface area contributed by atoms with E-state index in [1.165, 1.54) is 12.8 Å². The van der Waals surface area contributed by atoms with Gasteiger partial charge in [-0.05, 0) is 24.3 Å². The molecule has 18 heavy (non-hydrogen) atoms. The topological polar surface area (TPSA) is 40.5 Å². The number of nitrogens with zero attached hydrogens (tertiary/aromatic N) is 1. The summed E-state index contributed by atoms with van der Waals surface area (Å²) in [6.45, 7) is 1.75. The molecule has 1 aliphatic carbocycles. The van der Waals surface area contributed by atoms with E-state index in [0.717, 1.165) is 18.0 Å². The zero-order chi connectivity index (χ0) is 12.8. The largest absolute Gasteiger partial charge is 0.480 e. The Morgan fingerprint density at radius 2 is 2.06 bits per heavy atom. The molecule has 1 N–H and O–H groups in total. The van der Waals surface area contributed by atoms with Crippen molar-refractivity contribution in [2.75, 3.05) is 19.6 Å². The summed E-state index contributed by atoms with van der Waals surface area (Å²) < 4.78 is 0. The van der Waals surface area contributed by atoms with Crippen LogP contribution in [0, 0.1) is 5.92 Å². The second-order valence-electron chi connectivity index (χ2n) is 4.84. The summed E-state index contributed by atoms with van der Waals surface area (Å²) in [5.74, 6) is -0.0294. The van der Waals surface area contributed by atoms with Crippen LogP contribution in [0.2, 0.25) is 0 Å². The summed E-state index contributed by atoms with van der Waals surface area (Å²) in [7, 11) is 0. The molecule has 0 bridgehead atoms. The average molecular weight is 245 g/mol. The molecule has 0 unspecified atom stereocenters. The average Bonchev–Trinajstić information content (AvgIpc) is 3.13. The van der Waals surface area contributed by atoms with Gasteiger partial charge < -0.3 is 5.11 Å². The first-order chi connectivity index (χ1) is 8.74. The highest BCUT2D eigenvalue weighted by Gasteiger charge is 2.24. The van der Waals surface area contributed by atoms with Crippen LogP contribution in [0.1, 0.15) is 18.4 Å². The first-order valence-corrected chi connectivity index (χ1v) is 6.40. The van der Waals surface area contributed by atoms with E-state index in [-0.39, 0.29) is 6.54 Å². The maximum Gasteiger partial charge on any atom is 0.317 e. The predicted octanol–water partition coefficient (Wildman–Crippen LogP) is 2.50. The monoisotopic (exact) mass is 245 g/mol.